The van der Waals surface area contributed by atoms with Crippen molar-refractivity contribution in [3.05, 3.63) is 17.7 Å². The molecule has 0 radical (unpaired) electrons. The number of hydrogen-bond acceptors (Lipinski definition) is 7. The fourth-order valence-electron chi connectivity index (χ4n) is 5.32. The van der Waals surface area contributed by atoms with Crippen molar-refractivity contribution < 1.29 is 9.47 Å². The summed E-state index contributed by atoms with van der Waals surface area (Å²) < 4.78 is 11.6. The van der Waals surface area contributed by atoms with Crippen LogP contribution in [0.5, 0.6) is 11.5 Å². The van der Waals surface area contributed by atoms with Gasteiger partial charge in [0.15, 0.2) is 11.5 Å². The third-order valence-electron chi connectivity index (χ3n) is 6.66. The van der Waals surface area contributed by atoms with Crippen molar-refractivity contribution in [2.45, 2.75) is 50.6 Å². The number of rotatable bonds is 4. The molecule has 3 unspecified atom stereocenters. The maximum absolute atomic E-state index is 5.85. The van der Waals surface area contributed by atoms with Crippen LogP contribution in [0.25, 0.3) is 0 Å². The Hall–Kier alpha value is -1.54. The van der Waals surface area contributed by atoms with Crippen LogP contribution in [0, 0.1) is 11.8 Å². The Morgan fingerprint density at radius 3 is 2.63 bits per heavy atom. The molecule has 6 atom stereocenters. The Morgan fingerprint density at radius 1 is 1.04 bits per heavy atom. The summed E-state index contributed by atoms with van der Waals surface area (Å²) in [4.78, 5) is 0. The Morgan fingerprint density at radius 2 is 1.85 bits per heavy atom. The van der Waals surface area contributed by atoms with Crippen LogP contribution in [0.2, 0.25) is 0 Å². The molecule has 0 spiro atoms. The molecule has 1 aromatic carbocycles. The molecule has 4 aliphatic rings. The molecule has 0 aromatic heterocycles. The maximum Gasteiger partial charge on any atom is 0.231 e. The van der Waals surface area contributed by atoms with Gasteiger partial charge in [0.2, 0.25) is 6.79 Å². The molecule has 148 valence electrons. The van der Waals surface area contributed by atoms with E-state index < -0.39 is 0 Å². The fourth-order valence-corrected chi connectivity index (χ4v) is 5.32. The van der Waals surface area contributed by atoms with Crippen LogP contribution >= 0.6 is 0 Å². The highest BCUT2D eigenvalue weighted by Gasteiger charge is 2.40. The Balaban J connectivity index is 1.38. The van der Waals surface area contributed by atoms with E-state index >= 15 is 0 Å². The summed E-state index contributed by atoms with van der Waals surface area (Å²) >= 11 is 0. The van der Waals surface area contributed by atoms with E-state index in [1.165, 1.54) is 18.4 Å². The van der Waals surface area contributed by atoms with Crippen LogP contribution in [0.3, 0.4) is 0 Å². The molecule has 3 aliphatic heterocycles. The van der Waals surface area contributed by atoms with Gasteiger partial charge in [-0.3, -0.25) is 10.6 Å². The molecular weight excluding hydrogens is 342 g/mol. The summed E-state index contributed by atoms with van der Waals surface area (Å²) in [6.45, 7) is 4.87. The SMILES string of the molecule is CNC1CC(C)NC(Nc2cc3c(c([C@H]4C[C@H]5CNC[C@H]5C4)c2)OCO3)N1. The molecule has 0 bridgehead atoms. The largest absolute Gasteiger partial charge is 0.454 e. The summed E-state index contributed by atoms with van der Waals surface area (Å²) in [6, 6.07) is 4.79. The summed E-state index contributed by atoms with van der Waals surface area (Å²) in [5.41, 5.74) is 2.40. The second kappa shape index (κ2) is 7.13. The van der Waals surface area contributed by atoms with Gasteiger partial charge in [0.05, 0.1) is 6.17 Å². The Labute approximate surface area is 160 Å². The van der Waals surface area contributed by atoms with Gasteiger partial charge in [-0.2, -0.15) is 0 Å². The van der Waals surface area contributed by atoms with Crippen LogP contribution in [0.4, 0.5) is 5.69 Å². The topological polar surface area (TPSA) is 78.6 Å². The lowest BCUT2D eigenvalue weighted by Crippen LogP contribution is -2.63. The number of nitrogens with one attached hydrogen (secondary N) is 5. The van der Waals surface area contributed by atoms with E-state index in [1.807, 2.05) is 7.05 Å². The fraction of sp³-hybridized carbons (Fsp3) is 0.700. The van der Waals surface area contributed by atoms with Gasteiger partial charge in [0.25, 0.3) is 0 Å². The van der Waals surface area contributed by atoms with Crippen LogP contribution in [-0.2, 0) is 0 Å². The van der Waals surface area contributed by atoms with Crippen molar-refractivity contribution in [1.29, 1.82) is 0 Å². The van der Waals surface area contributed by atoms with Crippen LogP contribution in [0.1, 0.15) is 37.7 Å². The molecule has 1 aliphatic carbocycles. The minimum Gasteiger partial charge on any atom is -0.454 e. The molecule has 3 fully saturated rings. The predicted octanol–water partition coefficient (Wildman–Crippen LogP) is 1.34. The number of ether oxygens (including phenoxy) is 2. The standard InChI is InChI=1S/C20H31N5O2/c1-11-3-18(21-2)25-20(23-11)24-15-6-16(19-17(7-15)26-10-27-19)12-4-13-8-22-9-14(13)5-12/h6-7,11-14,18,20-25H,3-5,8-10H2,1-2H3/t11?,12-,13-,14+,18?,20?. The van der Waals surface area contributed by atoms with Gasteiger partial charge in [0.1, 0.15) is 6.29 Å². The van der Waals surface area contributed by atoms with Gasteiger partial charge in [-0.25, -0.2) is 0 Å². The molecule has 5 N–H and O–H groups in total. The smallest absolute Gasteiger partial charge is 0.231 e. The van der Waals surface area contributed by atoms with Crippen molar-refractivity contribution in [2.24, 2.45) is 11.8 Å². The van der Waals surface area contributed by atoms with Crippen molar-refractivity contribution >= 4 is 5.69 Å². The minimum absolute atomic E-state index is 0.0200. The zero-order valence-electron chi connectivity index (χ0n) is 16.2. The Kier molecular flexibility index (Phi) is 4.63. The van der Waals surface area contributed by atoms with Crippen molar-refractivity contribution in [3.63, 3.8) is 0 Å². The highest BCUT2D eigenvalue weighted by atomic mass is 16.7. The molecule has 27 heavy (non-hydrogen) atoms. The predicted molar refractivity (Wildman–Crippen MR) is 105 cm³/mol. The quantitative estimate of drug-likeness (QED) is 0.545. The van der Waals surface area contributed by atoms with E-state index in [1.54, 1.807) is 0 Å². The number of hydrogen-bond donors (Lipinski definition) is 5. The average Bonchev–Trinajstić information content (AvgIpc) is 3.36. The van der Waals surface area contributed by atoms with E-state index in [9.17, 15) is 0 Å². The van der Waals surface area contributed by atoms with Crippen LogP contribution in [-0.4, -0.2) is 45.4 Å². The lowest BCUT2D eigenvalue weighted by Gasteiger charge is -2.37. The van der Waals surface area contributed by atoms with Gasteiger partial charge >= 0.3 is 0 Å². The summed E-state index contributed by atoms with van der Waals surface area (Å²) in [6.07, 6.45) is 3.87. The molecule has 5 rings (SSSR count). The average molecular weight is 374 g/mol. The van der Waals surface area contributed by atoms with Gasteiger partial charge in [-0.15, -0.1) is 0 Å². The molecule has 3 heterocycles. The molecule has 1 aromatic rings. The number of fused-ring (bicyclic) bond motifs is 2. The van der Waals surface area contributed by atoms with Gasteiger partial charge in [-0.1, -0.05) is 0 Å². The van der Waals surface area contributed by atoms with Gasteiger partial charge in [-0.05, 0) is 70.1 Å². The second-order valence-electron chi connectivity index (χ2n) is 8.53. The van der Waals surface area contributed by atoms with Crippen LogP contribution < -0.4 is 36.1 Å². The first kappa shape index (κ1) is 17.6. The maximum atomic E-state index is 5.85. The number of anilines is 1. The molecule has 1 saturated carbocycles. The molecule has 7 nitrogen and oxygen atoms in total. The highest BCUT2D eigenvalue weighted by Crippen LogP contribution is 2.50. The van der Waals surface area contributed by atoms with Gasteiger partial charge in [0, 0.05) is 23.4 Å². The summed E-state index contributed by atoms with van der Waals surface area (Å²) in [5, 5.41) is 17.6. The minimum atomic E-state index is 0.0200. The van der Waals surface area contributed by atoms with E-state index in [-0.39, 0.29) is 6.29 Å². The first-order valence-corrected chi connectivity index (χ1v) is 10.3. The number of benzene rings is 1. The third kappa shape index (κ3) is 3.38. The third-order valence-corrected chi connectivity index (χ3v) is 6.66. The molecular formula is C20H31N5O2. The van der Waals surface area contributed by atoms with Crippen molar-refractivity contribution in [1.82, 2.24) is 21.3 Å². The van der Waals surface area contributed by atoms with Gasteiger partial charge < -0.3 is 25.4 Å². The zero-order valence-corrected chi connectivity index (χ0v) is 16.2. The first-order chi connectivity index (χ1) is 13.2. The molecule has 0 amide bonds. The Bertz CT molecular complexity index is 687. The molecule has 7 heteroatoms. The summed E-state index contributed by atoms with van der Waals surface area (Å²) in [5.74, 6) is 4.02. The van der Waals surface area contributed by atoms with E-state index in [2.05, 4.69) is 45.6 Å². The van der Waals surface area contributed by atoms with Crippen molar-refractivity contribution in [3.8, 4) is 11.5 Å². The lowest BCUT2D eigenvalue weighted by atomic mass is 9.94. The molecule has 2 saturated heterocycles. The second-order valence-corrected chi connectivity index (χ2v) is 8.53. The van der Waals surface area contributed by atoms with Crippen LogP contribution in [0.15, 0.2) is 12.1 Å². The van der Waals surface area contributed by atoms with E-state index in [0.29, 0.717) is 24.9 Å². The monoisotopic (exact) mass is 373 g/mol. The van der Waals surface area contributed by atoms with E-state index in [0.717, 1.165) is 48.5 Å². The van der Waals surface area contributed by atoms with Crippen molar-refractivity contribution in [2.75, 3.05) is 32.2 Å². The first-order valence-electron chi connectivity index (χ1n) is 10.3. The normalized spacial score (nSPS) is 37.4. The zero-order chi connectivity index (χ0) is 18.4. The van der Waals surface area contributed by atoms with E-state index in [4.69, 9.17) is 9.47 Å². The highest BCUT2D eigenvalue weighted by molar-refractivity contribution is 5.61. The summed E-state index contributed by atoms with van der Waals surface area (Å²) in [7, 11) is 2.00. The lowest BCUT2D eigenvalue weighted by molar-refractivity contribution is 0.173.